The second-order valence-electron chi connectivity index (χ2n) is 8.34. The van der Waals surface area contributed by atoms with Crippen molar-refractivity contribution in [2.45, 2.75) is 57.5 Å². The van der Waals surface area contributed by atoms with E-state index in [9.17, 15) is 17.6 Å². The van der Waals surface area contributed by atoms with Gasteiger partial charge in [-0.1, -0.05) is 24.8 Å². The van der Waals surface area contributed by atoms with Gasteiger partial charge in [0.2, 0.25) is 0 Å². The molecule has 1 atom stereocenters. The molecule has 4 nitrogen and oxygen atoms in total. The molecule has 1 fully saturated rings. The Bertz CT molecular complexity index is 1150. The van der Waals surface area contributed by atoms with Gasteiger partial charge in [0.25, 0.3) is 12.3 Å². The second kappa shape index (κ2) is 7.35. The summed E-state index contributed by atoms with van der Waals surface area (Å²) in [5, 5.41) is 4.41. The molecule has 1 N–H and O–H groups in total. The number of allylic oxidation sites excluding steroid dienone is 1. The maximum absolute atomic E-state index is 13.7. The summed E-state index contributed by atoms with van der Waals surface area (Å²) in [6.07, 6.45) is 1.57. The fourth-order valence-electron chi connectivity index (χ4n) is 3.87. The molecule has 1 saturated carbocycles. The third-order valence-corrected chi connectivity index (χ3v) is 5.85. The van der Waals surface area contributed by atoms with Crippen molar-refractivity contribution < 1.29 is 17.6 Å². The van der Waals surface area contributed by atoms with Crippen LogP contribution in [0.4, 0.5) is 23.4 Å². The van der Waals surface area contributed by atoms with Gasteiger partial charge >= 0.3 is 0 Å². The van der Waals surface area contributed by atoms with Crippen LogP contribution >= 0.6 is 0 Å². The molecule has 1 unspecified atom stereocenters. The second-order valence-corrected chi connectivity index (χ2v) is 8.34. The highest BCUT2D eigenvalue weighted by atomic mass is 19.3. The van der Waals surface area contributed by atoms with Gasteiger partial charge in [0.05, 0.1) is 10.6 Å². The fourth-order valence-corrected chi connectivity index (χ4v) is 3.87. The molecule has 4 rings (SSSR count). The summed E-state index contributed by atoms with van der Waals surface area (Å²) in [5.74, 6) is -1.98. The molecule has 2 heterocycles. The molecule has 0 spiro atoms. The molecule has 0 amide bonds. The number of hydrogen-bond donors (Lipinski definition) is 1. The van der Waals surface area contributed by atoms with Crippen molar-refractivity contribution in [1.82, 2.24) is 14.9 Å². The van der Waals surface area contributed by atoms with Crippen LogP contribution in [0.3, 0.4) is 0 Å². The summed E-state index contributed by atoms with van der Waals surface area (Å²) in [7, 11) is 0. The molecule has 1 aromatic carbocycles. The van der Waals surface area contributed by atoms with Gasteiger partial charge in [0.15, 0.2) is 0 Å². The predicted molar refractivity (Wildman–Crippen MR) is 112 cm³/mol. The molecular weight excluding hydrogens is 408 g/mol. The van der Waals surface area contributed by atoms with Gasteiger partial charge in [-0.25, -0.2) is 27.5 Å². The van der Waals surface area contributed by atoms with Crippen LogP contribution in [0.1, 0.15) is 49.7 Å². The lowest BCUT2D eigenvalue weighted by atomic mass is 10.0. The lowest BCUT2D eigenvalue weighted by Crippen LogP contribution is -2.46. The minimum absolute atomic E-state index is 0.0745. The van der Waals surface area contributed by atoms with Crippen LogP contribution in [-0.2, 0) is 5.92 Å². The van der Waals surface area contributed by atoms with Gasteiger partial charge in [0, 0.05) is 30.4 Å². The summed E-state index contributed by atoms with van der Waals surface area (Å²) < 4.78 is 54.9. The van der Waals surface area contributed by atoms with Crippen LogP contribution in [0.25, 0.3) is 12.3 Å². The zero-order valence-corrected chi connectivity index (χ0v) is 17.6. The number of aryl methyl sites for hydroxylation is 1. The maximum atomic E-state index is 13.7. The first-order valence-corrected chi connectivity index (χ1v) is 10.1. The quantitative estimate of drug-likeness (QED) is 0.695. The van der Waals surface area contributed by atoms with Gasteiger partial charge in [-0.15, -0.1) is 0 Å². The summed E-state index contributed by atoms with van der Waals surface area (Å²) >= 11 is 0. The van der Waals surface area contributed by atoms with E-state index in [1.807, 2.05) is 6.92 Å². The van der Waals surface area contributed by atoms with E-state index in [2.05, 4.69) is 21.9 Å². The van der Waals surface area contributed by atoms with E-state index in [0.717, 1.165) is 6.92 Å². The van der Waals surface area contributed by atoms with E-state index >= 15 is 0 Å². The Labute approximate surface area is 178 Å². The first-order chi connectivity index (χ1) is 14.5. The Kier molecular flexibility index (Phi) is 5.06. The van der Waals surface area contributed by atoms with Crippen LogP contribution in [0, 0.1) is 6.92 Å². The molecule has 2 aliphatic rings. The van der Waals surface area contributed by atoms with Crippen LogP contribution < -0.4 is 15.9 Å². The number of hydrogen-bond acceptors (Lipinski definition) is 4. The van der Waals surface area contributed by atoms with Gasteiger partial charge < -0.3 is 10.2 Å². The molecule has 1 aliphatic carbocycles. The summed E-state index contributed by atoms with van der Waals surface area (Å²) in [4.78, 5) is 10.4. The van der Waals surface area contributed by atoms with Gasteiger partial charge in [-0.3, -0.25) is 0 Å². The first kappa shape index (κ1) is 21.3. The molecule has 2 aromatic rings. The SMILES string of the molecule is C=C1C=c2nc(C)nc(NC(C)c3cccc(C(C)(F)F)c3)c2=CN1C1(C(F)F)CC1. The number of benzene rings is 1. The lowest BCUT2D eigenvalue weighted by Gasteiger charge is -2.32. The highest BCUT2D eigenvalue weighted by molar-refractivity contribution is 5.58. The van der Waals surface area contributed by atoms with Crippen LogP contribution in [0.15, 0.2) is 36.5 Å². The number of rotatable bonds is 6. The topological polar surface area (TPSA) is 41.1 Å². The van der Waals surface area contributed by atoms with Crippen molar-refractivity contribution in [3.05, 3.63) is 64.1 Å². The van der Waals surface area contributed by atoms with E-state index in [1.165, 1.54) is 17.0 Å². The first-order valence-electron chi connectivity index (χ1n) is 10.1. The third kappa shape index (κ3) is 3.91. The van der Waals surface area contributed by atoms with Crippen molar-refractivity contribution >= 4 is 18.1 Å². The summed E-state index contributed by atoms with van der Waals surface area (Å²) in [5.41, 5.74) is -0.189. The number of nitrogens with one attached hydrogen (secondary N) is 1. The van der Waals surface area contributed by atoms with Crippen LogP contribution in [-0.4, -0.2) is 26.8 Å². The largest absolute Gasteiger partial charge is 0.363 e. The minimum Gasteiger partial charge on any atom is -0.363 e. The zero-order valence-electron chi connectivity index (χ0n) is 17.6. The standard InChI is InChI=1S/C23H24F4N4/c1-13-10-19-18(12-31(13)23(8-9-23)21(24)25)20(30-15(3)29-19)28-14(2)16-6-5-7-17(11-16)22(4,26)27/h5-7,10-12,14,21H,1,8-9H2,2-4H3,(H,28,29,30). The fraction of sp³-hybridized carbons (Fsp3) is 0.391. The number of alkyl halides is 4. The van der Waals surface area contributed by atoms with Crippen LogP contribution in [0.5, 0.6) is 0 Å². The van der Waals surface area contributed by atoms with Crippen molar-refractivity contribution in [3.63, 3.8) is 0 Å². The van der Waals surface area contributed by atoms with E-state index in [0.29, 0.717) is 46.3 Å². The number of nitrogens with zero attached hydrogens (tertiary/aromatic N) is 3. The molecule has 0 saturated heterocycles. The molecule has 31 heavy (non-hydrogen) atoms. The van der Waals surface area contributed by atoms with Crippen LogP contribution in [0.2, 0.25) is 0 Å². The molecule has 164 valence electrons. The Morgan fingerprint density at radius 3 is 2.55 bits per heavy atom. The average Bonchev–Trinajstić information content (AvgIpc) is 3.48. The highest BCUT2D eigenvalue weighted by Crippen LogP contribution is 2.49. The number of fused-ring (bicyclic) bond motifs is 1. The smallest absolute Gasteiger partial charge is 0.270 e. The normalized spacial score (nSPS) is 18.2. The van der Waals surface area contributed by atoms with E-state index in [-0.39, 0.29) is 11.6 Å². The number of aromatic nitrogens is 2. The van der Waals surface area contributed by atoms with Gasteiger partial charge in [0.1, 0.15) is 17.2 Å². The Hall–Kier alpha value is -2.90. The Morgan fingerprint density at radius 1 is 1.23 bits per heavy atom. The molecule has 1 aromatic heterocycles. The minimum atomic E-state index is -2.95. The molecule has 0 bridgehead atoms. The summed E-state index contributed by atoms with van der Waals surface area (Å²) in [6, 6.07) is 5.84. The average molecular weight is 432 g/mol. The molecular formula is C23H24F4N4. The lowest BCUT2D eigenvalue weighted by molar-refractivity contribution is 0.0174. The van der Waals surface area contributed by atoms with E-state index in [1.54, 1.807) is 31.3 Å². The molecule has 0 radical (unpaired) electrons. The number of anilines is 1. The highest BCUT2D eigenvalue weighted by Gasteiger charge is 2.56. The van der Waals surface area contributed by atoms with E-state index in [4.69, 9.17) is 0 Å². The predicted octanol–water partition coefficient (Wildman–Crippen LogP) is 4.22. The molecule has 1 aliphatic heterocycles. The van der Waals surface area contributed by atoms with Crippen molar-refractivity contribution in [2.24, 2.45) is 0 Å². The summed E-state index contributed by atoms with van der Waals surface area (Å²) in [6.45, 7) is 8.37. The maximum Gasteiger partial charge on any atom is 0.270 e. The Balaban J connectivity index is 1.73. The van der Waals surface area contributed by atoms with Gasteiger partial charge in [-0.2, -0.15) is 0 Å². The molecule has 8 heteroatoms. The Morgan fingerprint density at radius 2 is 1.94 bits per heavy atom. The van der Waals surface area contributed by atoms with E-state index < -0.39 is 17.9 Å². The zero-order chi connectivity index (χ0) is 22.6. The van der Waals surface area contributed by atoms with Crippen molar-refractivity contribution in [3.8, 4) is 0 Å². The third-order valence-electron chi connectivity index (χ3n) is 5.85. The van der Waals surface area contributed by atoms with Crippen molar-refractivity contribution in [2.75, 3.05) is 5.32 Å². The number of halogens is 4. The van der Waals surface area contributed by atoms with Crippen molar-refractivity contribution in [1.29, 1.82) is 0 Å². The monoisotopic (exact) mass is 432 g/mol. The van der Waals surface area contributed by atoms with Gasteiger partial charge in [-0.05, 0) is 44.4 Å².